The molecule has 1 amide bonds. The molecule has 1 fully saturated rings. The van der Waals surface area contributed by atoms with Crippen LogP contribution in [0.5, 0.6) is 0 Å². The molecule has 1 N–H and O–H groups in total. The summed E-state index contributed by atoms with van der Waals surface area (Å²) in [5.41, 5.74) is 3.83. The van der Waals surface area contributed by atoms with E-state index in [1.807, 2.05) is 43.0 Å². The van der Waals surface area contributed by atoms with Crippen molar-refractivity contribution in [2.75, 3.05) is 23.3 Å². The SMILES string of the molecule is Cc1cccc(NC(=O)C2CCN(c3ccccc3[N+](=O)[O-])CC2)c1C. The van der Waals surface area contributed by atoms with Crippen molar-refractivity contribution in [1.82, 2.24) is 0 Å². The first-order valence-electron chi connectivity index (χ1n) is 8.83. The fraction of sp³-hybridized carbons (Fsp3) is 0.350. The maximum absolute atomic E-state index is 12.6. The predicted octanol–water partition coefficient (Wildman–Crippen LogP) is 4.07. The van der Waals surface area contributed by atoms with Crippen LogP contribution in [-0.4, -0.2) is 23.9 Å². The molecule has 6 nitrogen and oxygen atoms in total. The molecule has 2 aromatic carbocycles. The maximum Gasteiger partial charge on any atom is 0.292 e. The molecule has 1 saturated heterocycles. The van der Waals surface area contributed by atoms with E-state index in [1.165, 1.54) is 6.07 Å². The Bertz CT molecular complexity index is 827. The van der Waals surface area contributed by atoms with Gasteiger partial charge in [0.05, 0.1) is 4.92 Å². The van der Waals surface area contributed by atoms with Crippen LogP contribution in [0.4, 0.5) is 17.1 Å². The highest BCUT2D eigenvalue weighted by Crippen LogP contribution is 2.31. The summed E-state index contributed by atoms with van der Waals surface area (Å²) in [5.74, 6) is -0.0464. The van der Waals surface area contributed by atoms with E-state index in [0.717, 1.165) is 16.8 Å². The third-order valence-corrected chi connectivity index (χ3v) is 5.15. The smallest absolute Gasteiger partial charge is 0.292 e. The van der Waals surface area contributed by atoms with Gasteiger partial charge < -0.3 is 10.2 Å². The van der Waals surface area contributed by atoms with E-state index in [2.05, 4.69) is 5.32 Å². The number of aryl methyl sites for hydroxylation is 1. The fourth-order valence-corrected chi connectivity index (χ4v) is 3.39. The topological polar surface area (TPSA) is 75.5 Å². The van der Waals surface area contributed by atoms with Crippen molar-refractivity contribution in [1.29, 1.82) is 0 Å². The number of benzene rings is 2. The molecule has 0 unspecified atom stereocenters. The van der Waals surface area contributed by atoms with Crippen molar-refractivity contribution in [2.45, 2.75) is 26.7 Å². The quantitative estimate of drug-likeness (QED) is 0.664. The van der Waals surface area contributed by atoms with E-state index in [1.54, 1.807) is 12.1 Å². The average Bonchev–Trinajstić information content (AvgIpc) is 2.65. The van der Waals surface area contributed by atoms with Crippen LogP contribution in [0.3, 0.4) is 0 Å². The Morgan fingerprint density at radius 2 is 1.81 bits per heavy atom. The number of amides is 1. The normalized spacial score (nSPS) is 14.9. The molecule has 2 aromatic rings. The fourth-order valence-electron chi connectivity index (χ4n) is 3.39. The van der Waals surface area contributed by atoms with E-state index in [-0.39, 0.29) is 22.4 Å². The second kappa shape index (κ2) is 7.56. The first kappa shape index (κ1) is 17.9. The summed E-state index contributed by atoms with van der Waals surface area (Å²) in [6.07, 6.45) is 1.37. The zero-order valence-corrected chi connectivity index (χ0v) is 15.1. The van der Waals surface area contributed by atoms with Crippen LogP contribution in [0, 0.1) is 29.9 Å². The lowest BCUT2D eigenvalue weighted by atomic mass is 9.95. The van der Waals surface area contributed by atoms with Crippen LogP contribution in [0.25, 0.3) is 0 Å². The molecule has 0 bridgehead atoms. The number of carbonyl (C=O) groups excluding carboxylic acids is 1. The van der Waals surface area contributed by atoms with Gasteiger partial charge in [-0.25, -0.2) is 0 Å². The van der Waals surface area contributed by atoms with E-state index < -0.39 is 0 Å². The summed E-state index contributed by atoms with van der Waals surface area (Å²) in [5, 5.41) is 14.3. The van der Waals surface area contributed by atoms with Crippen molar-refractivity contribution < 1.29 is 9.72 Å². The molecule has 0 saturated carbocycles. The van der Waals surface area contributed by atoms with Gasteiger partial charge in [0.15, 0.2) is 0 Å². The van der Waals surface area contributed by atoms with Crippen molar-refractivity contribution in [3.05, 3.63) is 63.7 Å². The van der Waals surface area contributed by atoms with Gasteiger partial charge in [-0.05, 0) is 49.9 Å². The second-order valence-corrected chi connectivity index (χ2v) is 6.74. The highest BCUT2D eigenvalue weighted by molar-refractivity contribution is 5.93. The minimum absolute atomic E-state index is 0.0286. The summed E-state index contributed by atoms with van der Waals surface area (Å²) in [4.78, 5) is 25.5. The van der Waals surface area contributed by atoms with Crippen LogP contribution >= 0.6 is 0 Å². The van der Waals surface area contributed by atoms with Crippen molar-refractivity contribution in [3.8, 4) is 0 Å². The summed E-state index contributed by atoms with van der Waals surface area (Å²) in [6, 6.07) is 12.7. The second-order valence-electron chi connectivity index (χ2n) is 6.74. The molecule has 0 spiro atoms. The highest BCUT2D eigenvalue weighted by atomic mass is 16.6. The van der Waals surface area contributed by atoms with Crippen molar-refractivity contribution >= 4 is 23.0 Å². The number of carbonyl (C=O) groups is 1. The summed E-state index contributed by atoms with van der Waals surface area (Å²) >= 11 is 0. The van der Waals surface area contributed by atoms with E-state index in [0.29, 0.717) is 31.6 Å². The molecule has 0 aliphatic carbocycles. The Labute approximate surface area is 153 Å². The predicted molar refractivity (Wildman–Crippen MR) is 103 cm³/mol. The zero-order chi connectivity index (χ0) is 18.7. The lowest BCUT2D eigenvalue weighted by Crippen LogP contribution is -2.38. The Morgan fingerprint density at radius 1 is 1.12 bits per heavy atom. The van der Waals surface area contributed by atoms with Gasteiger partial charge in [-0.1, -0.05) is 24.3 Å². The summed E-state index contributed by atoms with van der Waals surface area (Å²) < 4.78 is 0. The number of para-hydroxylation sites is 2. The lowest BCUT2D eigenvalue weighted by Gasteiger charge is -2.32. The van der Waals surface area contributed by atoms with Crippen LogP contribution in [0.1, 0.15) is 24.0 Å². The van der Waals surface area contributed by atoms with Crippen LogP contribution in [0.15, 0.2) is 42.5 Å². The molecule has 3 rings (SSSR count). The Balaban J connectivity index is 1.64. The van der Waals surface area contributed by atoms with E-state index in [4.69, 9.17) is 0 Å². The number of nitrogens with one attached hydrogen (secondary N) is 1. The molecule has 1 aliphatic heterocycles. The first-order valence-corrected chi connectivity index (χ1v) is 8.83. The number of hydrogen-bond acceptors (Lipinski definition) is 4. The maximum atomic E-state index is 12.6. The Hall–Kier alpha value is -2.89. The molecule has 0 aromatic heterocycles. The first-order chi connectivity index (χ1) is 12.5. The van der Waals surface area contributed by atoms with Crippen LogP contribution in [-0.2, 0) is 4.79 Å². The van der Waals surface area contributed by atoms with Crippen LogP contribution in [0.2, 0.25) is 0 Å². The molecule has 136 valence electrons. The molecule has 1 aliphatic rings. The zero-order valence-electron chi connectivity index (χ0n) is 15.1. The third kappa shape index (κ3) is 3.69. The van der Waals surface area contributed by atoms with Crippen molar-refractivity contribution in [3.63, 3.8) is 0 Å². The summed E-state index contributed by atoms with van der Waals surface area (Å²) in [7, 11) is 0. The van der Waals surface area contributed by atoms with Gasteiger partial charge >= 0.3 is 0 Å². The monoisotopic (exact) mass is 353 g/mol. The molecular weight excluding hydrogens is 330 g/mol. The number of hydrogen-bond donors (Lipinski definition) is 1. The van der Waals surface area contributed by atoms with Crippen molar-refractivity contribution in [2.24, 2.45) is 5.92 Å². The number of anilines is 2. The van der Waals surface area contributed by atoms with Gasteiger partial charge in [-0.3, -0.25) is 14.9 Å². The van der Waals surface area contributed by atoms with Gasteiger partial charge in [-0.2, -0.15) is 0 Å². The van der Waals surface area contributed by atoms with Gasteiger partial charge in [-0.15, -0.1) is 0 Å². The molecule has 1 heterocycles. The standard InChI is InChI=1S/C20H23N3O3/c1-14-6-5-7-17(15(14)2)21-20(24)16-10-12-22(13-11-16)18-8-3-4-9-19(18)23(25)26/h3-9,16H,10-13H2,1-2H3,(H,21,24). The van der Waals surface area contributed by atoms with Gasteiger partial charge in [0.25, 0.3) is 5.69 Å². The van der Waals surface area contributed by atoms with Gasteiger partial charge in [0, 0.05) is 30.8 Å². The molecule has 26 heavy (non-hydrogen) atoms. The molecule has 6 heteroatoms. The van der Waals surface area contributed by atoms with E-state index >= 15 is 0 Å². The van der Waals surface area contributed by atoms with Crippen LogP contribution < -0.4 is 10.2 Å². The number of rotatable bonds is 4. The number of nitro benzene ring substituents is 1. The molecular formula is C20H23N3O3. The molecule has 0 radical (unpaired) electrons. The lowest BCUT2D eigenvalue weighted by molar-refractivity contribution is -0.384. The minimum atomic E-state index is -0.353. The minimum Gasteiger partial charge on any atom is -0.366 e. The average molecular weight is 353 g/mol. The number of piperidine rings is 1. The number of nitrogens with zero attached hydrogens (tertiary/aromatic N) is 2. The number of nitro groups is 1. The largest absolute Gasteiger partial charge is 0.366 e. The van der Waals surface area contributed by atoms with Gasteiger partial charge in [0.1, 0.15) is 5.69 Å². The highest BCUT2D eigenvalue weighted by Gasteiger charge is 2.28. The third-order valence-electron chi connectivity index (χ3n) is 5.15. The molecule has 0 atom stereocenters. The Kier molecular flexibility index (Phi) is 5.21. The Morgan fingerprint density at radius 3 is 2.50 bits per heavy atom. The summed E-state index contributed by atoms with van der Waals surface area (Å²) in [6.45, 7) is 5.30. The van der Waals surface area contributed by atoms with Gasteiger partial charge in [0.2, 0.25) is 5.91 Å². The van der Waals surface area contributed by atoms with E-state index in [9.17, 15) is 14.9 Å².